The van der Waals surface area contributed by atoms with Gasteiger partial charge in [0, 0.05) is 32.5 Å². The van der Waals surface area contributed by atoms with Crippen molar-refractivity contribution < 1.29 is 22.7 Å². The third-order valence-electron chi connectivity index (χ3n) is 5.68. The molecular weight excluding hydrogens is 451 g/mol. The fourth-order valence-corrected chi connectivity index (χ4v) is 3.85. The molecule has 3 aromatic rings. The number of nitrogens with zero attached hydrogens (tertiary/aromatic N) is 5. The van der Waals surface area contributed by atoms with E-state index in [-0.39, 0.29) is 24.1 Å². The number of fused-ring (bicyclic) bond motifs is 1. The molecule has 3 heterocycles. The number of benzene rings is 1. The summed E-state index contributed by atoms with van der Waals surface area (Å²) < 4.78 is 46.9. The molecule has 34 heavy (non-hydrogen) atoms. The van der Waals surface area contributed by atoms with Crippen LogP contribution in [0.15, 0.2) is 24.5 Å². The fourth-order valence-electron chi connectivity index (χ4n) is 3.85. The van der Waals surface area contributed by atoms with Gasteiger partial charge in [-0.1, -0.05) is 0 Å². The van der Waals surface area contributed by atoms with Crippen LogP contribution < -0.4 is 15.5 Å². The highest BCUT2D eigenvalue weighted by atomic mass is 19.2. The van der Waals surface area contributed by atoms with Crippen molar-refractivity contribution in [1.29, 1.82) is 0 Å². The van der Waals surface area contributed by atoms with Crippen molar-refractivity contribution in [1.82, 2.24) is 19.7 Å². The van der Waals surface area contributed by atoms with Crippen LogP contribution in [-0.2, 0) is 22.6 Å². The van der Waals surface area contributed by atoms with Crippen molar-refractivity contribution >= 4 is 23.4 Å². The first-order valence-electron chi connectivity index (χ1n) is 10.5. The minimum atomic E-state index is -1.50. The monoisotopic (exact) mass is 475 g/mol. The summed E-state index contributed by atoms with van der Waals surface area (Å²) in [6.07, 6.45) is 2.94. The summed E-state index contributed by atoms with van der Waals surface area (Å²) in [5.41, 5.74) is 2.17. The van der Waals surface area contributed by atoms with Crippen LogP contribution in [0.3, 0.4) is 0 Å². The van der Waals surface area contributed by atoms with Crippen molar-refractivity contribution in [3.8, 4) is 0 Å². The number of hydrogen-bond donors (Lipinski definition) is 2. The zero-order valence-corrected chi connectivity index (χ0v) is 19.1. The molecule has 0 saturated heterocycles. The van der Waals surface area contributed by atoms with Crippen LogP contribution in [0.1, 0.15) is 23.7 Å². The average molecular weight is 475 g/mol. The molecule has 0 fully saturated rings. The van der Waals surface area contributed by atoms with Gasteiger partial charge in [0.05, 0.1) is 24.5 Å². The molecule has 4 rings (SSSR count). The van der Waals surface area contributed by atoms with E-state index in [1.807, 2.05) is 6.92 Å². The molecule has 2 atom stereocenters. The van der Waals surface area contributed by atoms with Crippen LogP contribution in [0, 0.1) is 24.4 Å². The maximum absolute atomic E-state index is 13.4. The SMILES string of the molecule is CO[C@H](C)[C@H]1C(=O)Nc2c(C)nc(NCc3cnn(Cc4cc(F)c(F)c(F)c4)c3)nc2N1C. The van der Waals surface area contributed by atoms with Gasteiger partial charge in [0.25, 0.3) is 0 Å². The Hall–Kier alpha value is -3.67. The average Bonchev–Trinajstić information content (AvgIpc) is 3.24. The maximum atomic E-state index is 13.4. The second-order valence-corrected chi connectivity index (χ2v) is 8.09. The predicted molar refractivity (Wildman–Crippen MR) is 119 cm³/mol. The van der Waals surface area contributed by atoms with E-state index in [1.165, 1.54) is 4.68 Å². The molecule has 0 unspecified atom stereocenters. The van der Waals surface area contributed by atoms with E-state index in [1.54, 1.807) is 38.4 Å². The summed E-state index contributed by atoms with van der Waals surface area (Å²) in [5.74, 6) is -3.25. The first kappa shape index (κ1) is 23.5. The topological polar surface area (TPSA) is 97.2 Å². The number of carbonyl (C=O) groups excluding carboxylic acids is 1. The number of nitrogens with one attached hydrogen (secondary N) is 2. The summed E-state index contributed by atoms with van der Waals surface area (Å²) in [6, 6.07) is 1.34. The van der Waals surface area contributed by atoms with Gasteiger partial charge in [-0.3, -0.25) is 9.48 Å². The Morgan fingerprint density at radius 3 is 2.59 bits per heavy atom. The van der Waals surface area contributed by atoms with E-state index in [0.29, 0.717) is 29.7 Å². The number of carbonyl (C=O) groups is 1. The van der Waals surface area contributed by atoms with E-state index in [0.717, 1.165) is 17.7 Å². The van der Waals surface area contributed by atoms with Crippen LogP contribution in [0.25, 0.3) is 0 Å². The normalized spacial score (nSPS) is 16.3. The lowest BCUT2D eigenvalue weighted by atomic mass is 10.1. The third-order valence-corrected chi connectivity index (χ3v) is 5.68. The van der Waals surface area contributed by atoms with Gasteiger partial charge >= 0.3 is 0 Å². The van der Waals surface area contributed by atoms with Gasteiger partial charge in [0.2, 0.25) is 11.9 Å². The lowest BCUT2D eigenvalue weighted by molar-refractivity contribution is -0.120. The van der Waals surface area contributed by atoms with Gasteiger partial charge < -0.3 is 20.3 Å². The molecule has 1 aliphatic heterocycles. The predicted octanol–water partition coefficient (Wildman–Crippen LogP) is 2.85. The Kier molecular flexibility index (Phi) is 6.42. The zero-order chi connectivity index (χ0) is 24.6. The van der Waals surface area contributed by atoms with Crippen molar-refractivity contribution in [2.45, 2.75) is 39.1 Å². The molecule has 0 spiro atoms. The molecule has 0 radical (unpaired) electrons. The van der Waals surface area contributed by atoms with Crippen molar-refractivity contribution in [3.05, 3.63) is 58.8 Å². The van der Waals surface area contributed by atoms with Gasteiger partial charge in [-0.05, 0) is 31.5 Å². The van der Waals surface area contributed by atoms with Gasteiger partial charge in [-0.15, -0.1) is 0 Å². The van der Waals surface area contributed by atoms with E-state index in [2.05, 4.69) is 25.7 Å². The second kappa shape index (κ2) is 9.29. The molecule has 9 nitrogen and oxygen atoms in total. The maximum Gasteiger partial charge on any atom is 0.249 e. The molecule has 1 aromatic carbocycles. The number of likely N-dealkylation sites (N-methyl/N-ethyl adjacent to an activating group) is 1. The number of aromatic nitrogens is 4. The zero-order valence-electron chi connectivity index (χ0n) is 19.1. The number of amides is 1. The molecular formula is C22H24F3N7O2. The Balaban J connectivity index is 1.47. The standard InChI is InChI=1S/C22H24F3N7O2/c1-11-18-20(31(3)19(12(2)34-4)21(33)29-18)30-22(28-11)26-7-14-8-27-32(10-14)9-13-5-15(23)17(25)16(24)6-13/h5-6,8,10,12,19H,7,9H2,1-4H3,(H,29,33)(H,26,28,30)/t12-,19+/m1/s1. The highest BCUT2D eigenvalue weighted by Crippen LogP contribution is 2.33. The van der Waals surface area contributed by atoms with Gasteiger partial charge in [-0.25, -0.2) is 18.2 Å². The number of hydrogen-bond acceptors (Lipinski definition) is 7. The van der Waals surface area contributed by atoms with E-state index >= 15 is 0 Å². The minimum Gasteiger partial charge on any atom is -0.379 e. The summed E-state index contributed by atoms with van der Waals surface area (Å²) in [7, 11) is 3.32. The molecule has 2 N–H and O–H groups in total. The number of methoxy groups -OCH3 is 1. The molecule has 12 heteroatoms. The highest BCUT2D eigenvalue weighted by Gasteiger charge is 2.37. The minimum absolute atomic E-state index is 0.0755. The molecule has 2 aromatic heterocycles. The molecule has 1 aliphatic rings. The van der Waals surface area contributed by atoms with Gasteiger partial charge in [-0.2, -0.15) is 10.1 Å². The van der Waals surface area contributed by atoms with Crippen molar-refractivity contribution in [2.75, 3.05) is 29.7 Å². The van der Waals surface area contributed by atoms with E-state index < -0.39 is 23.5 Å². The first-order valence-corrected chi connectivity index (χ1v) is 10.5. The Labute approximate surface area is 194 Å². The van der Waals surface area contributed by atoms with Crippen LogP contribution >= 0.6 is 0 Å². The van der Waals surface area contributed by atoms with Crippen LogP contribution in [0.5, 0.6) is 0 Å². The van der Waals surface area contributed by atoms with Crippen molar-refractivity contribution in [3.63, 3.8) is 0 Å². The number of aryl methyl sites for hydroxylation is 1. The second-order valence-electron chi connectivity index (χ2n) is 8.09. The third kappa shape index (κ3) is 4.53. The number of ether oxygens (including phenoxy) is 1. The lowest BCUT2D eigenvalue weighted by Gasteiger charge is -2.37. The number of anilines is 3. The summed E-state index contributed by atoms with van der Waals surface area (Å²) >= 11 is 0. The summed E-state index contributed by atoms with van der Waals surface area (Å²) in [6.45, 7) is 3.99. The van der Waals surface area contributed by atoms with Crippen molar-refractivity contribution in [2.24, 2.45) is 0 Å². The number of rotatable bonds is 7. The Morgan fingerprint density at radius 1 is 1.21 bits per heavy atom. The molecule has 1 amide bonds. The summed E-state index contributed by atoms with van der Waals surface area (Å²) in [5, 5.41) is 10.2. The van der Waals surface area contributed by atoms with Gasteiger partial charge in [0.1, 0.15) is 11.7 Å². The van der Waals surface area contributed by atoms with E-state index in [4.69, 9.17) is 4.74 Å². The molecule has 0 aliphatic carbocycles. The lowest BCUT2D eigenvalue weighted by Crippen LogP contribution is -2.53. The largest absolute Gasteiger partial charge is 0.379 e. The highest BCUT2D eigenvalue weighted by molar-refractivity contribution is 6.03. The van der Waals surface area contributed by atoms with Crippen LogP contribution in [0.4, 0.5) is 30.6 Å². The van der Waals surface area contributed by atoms with Gasteiger partial charge in [0.15, 0.2) is 23.3 Å². The smallest absolute Gasteiger partial charge is 0.249 e. The Morgan fingerprint density at radius 2 is 1.91 bits per heavy atom. The quantitative estimate of drug-likeness (QED) is 0.507. The first-order chi connectivity index (χ1) is 16.2. The summed E-state index contributed by atoms with van der Waals surface area (Å²) in [4.78, 5) is 23.3. The molecule has 0 saturated carbocycles. The Bertz CT molecular complexity index is 1210. The van der Waals surface area contributed by atoms with E-state index in [9.17, 15) is 18.0 Å². The molecule has 0 bridgehead atoms. The number of halogens is 3. The molecule has 180 valence electrons. The van der Waals surface area contributed by atoms with Crippen LogP contribution in [0.2, 0.25) is 0 Å². The fraction of sp³-hybridized carbons (Fsp3) is 0.364. The van der Waals surface area contributed by atoms with Crippen LogP contribution in [-0.4, -0.2) is 52.0 Å².